The fourth-order valence-electron chi connectivity index (χ4n) is 3.72. The fraction of sp³-hybridized carbons (Fsp3) is 0.579. The van der Waals surface area contributed by atoms with Gasteiger partial charge in [0.2, 0.25) is 5.91 Å². The summed E-state index contributed by atoms with van der Waals surface area (Å²) in [6.07, 6.45) is 3.34. The minimum atomic E-state index is -0.00892. The van der Waals surface area contributed by atoms with Crippen LogP contribution in [0.2, 0.25) is 0 Å². The van der Waals surface area contributed by atoms with E-state index >= 15 is 0 Å². The van der Waals surface area contributed by atoms with E-state index in [0.717, 1.165) is 38.8 Å². The number of nitrogens with two attached hydrogens (primary N) is 1. The molecule has 1 aromatic carbocycles. The average molecular weight is 330 g/mol. The Hall–Kier alpha value is -1.88. The molecule has 1 atom stereocenters. The monoisotopic (exact) mass is 330 g/mol. The first-order chi connectivity index (χ1) is 11.7. The first-order valence-electron chi connectivity index (χ1n) is 9.15. The van der Waals surface area contributed by atoms with Crippen LogP contribution in [0, 0.1) is 5.92 Å². The molecule has 2 heterocycles. The molecule has 5 heteroatoms. The first kappa shape index (κ1) is 17.0. The summed E-state index contributed by atoms with van der Waals surface area (Å²) in [4.78, 5) is 26.8. The molecule has 0 bridgehead atoms. The molecule has 1 saturated heterocycles. The molecular formula is C19H28N3O2+. The molecule has 5 nitrogen and oxygen atoms in total. The summed E-state index contributed by atoms with van der Waals surface area (Å²) in [5, 5.41) is 5.13. The Morgan fingerprint density at radius 1 is 1.21 bits per heavy atom. The van der Waals surface area contributed by atoms with Crippen molar-refractivity contribution >= 4 is 11.8 Å². The Bertz CT molecular complexity index is 594. The lowest BCUT2D eigenvalue weighted by molar-refractivity contribution is -0.695. The average Bonchev–Trinajstić information content (AvgIpc) is 2.65. The maximum Gasteiger partial charge on any atom is 0.281 e. The zero-order valence-electron chi connectivity index (χ0n) is 14.5. The highest BCUT2D eigenvalue weighted by Crippen LogP contribution is 2.19. The van der Waals surface area contributed by atoms with Crippen LogP contribution in [0.5, 0.6) is 0 Å². The van der Waals surface area contributed by atoms with E-state index in [4.69, 9.17) is 0 Å². The van der Waals surface area contributed by atoms with E-state index in [9.17, 15) is 9.59 Å². The number of benzene rings is 1. The molecule has 3 N–H and O–H groups in total. The number of nitrogens with one attached hydrogen (secondary N) is 1. The van der Waals surface area contributed by atoms with Gasteiger partial charge in [-0.3, -0.25) is 9.59 Å². The Labute approximate surface area is 143 Å². The molecule has 2 aliphatic rings. The van der Waals surface area contributed by atoms with Gasteiger partial charge in [0, 0.05) is 37.5 Å². The second kappa shape index (κ2) is 7.79. The number of fused-ring (bicyclic) bond motifs is 1. The third kappa shape index (κ3) is 3.78. The molecule has 0 radical (unpaired) electrons. The Kier molecular flexibility index (Phi) is 5.51. The third-order valence-electron chi connectivity index (χ3n) is 5.22. The van der Waals surface area contributed by atoms with Crippen molar-refractivity contribution in [1.29, 1.82) is 0 Å². The topological polar surface area (TPSA) is 66.0 Å². The van der Waals surface area contributed by atoms with Crippen molar-refractivity contribution in [3.05, 3.63) is 35.4 Å². The smallest absolute Gasteiger partial charge is 0.281 e. The van der Waals surface area contributed by atoms with Gasteiger partial charge < -0.3 is 15.5 Å². The molecular weight excluding hydrogens is 302 g/mol. The molecule has 0 aromatic heterocycles. The largest absolute Gasteiger partial charge is 0.356 e. The Balaban J connectivity index is 1.52. The lowest BCUT2D eigenvalue weighted by Crippen LogP contribution is -2.93. The predicted octanol–water partition coefficient (Wildman–Crippen LogP) is 0.440. The summed E-state index contributed by atoms with van der Waals surface area (Å²) < 4.78 is 0. The number of rotatable bonds is 4. The van der Waals surface area contributed by atoms with Gasteiger partial charge in [-0.15, -0.1) is 0 Å². The van der Waals surface area contributed by atoms with E-state index in [-0.39, 0.29) is 23.8 Å². The van der Waals surface area contributed by atoms with Crippen LogP contribution in [0.3, 0.4) is 0 Å². The van der Waals surface area contributed by atoms with Crippen molar-refractivity contribution in [3.63, 3.8) is 0 Å². The quantitative estimate of drug-likeness (QED) is 0.841. The number of likely N-dealkylation sites (tertiary alicyclic amines) is 1. The summed E-state index contributed by atoms with van der Waals surface area (Å²) in [5.41, 5.74) is 2.64. The summed E-state index contributed by atoms with van der Waals surface area (Å²) in [6, 6.07) is 8.38. The molecule has 0 aliphatic carbocycles. The zero-order valence-corrected chi connectivity index (χ0v) is 14.5. The SMILES string of the molecule is CCCNC(=O)C1CCN(C(=O)[C@@H]2Cc3ccccc3C[NH2+]2)CC1. The molecule has 24 heavy (non-hydrogen) atoms. The number of quaternary nitrogens is 1. The van der Waals surface area contributed by atoms with E-state index in [0.29, 0.717) is 13.1 Å². The van der Waals surface area contributed by atoms with Crippen molar-refractivity contribution in [2.75, 3.05) is 19.6 Å². The maximum absolute atomic E-state index is 12.8. The van der Waals surface area contributed by atoms with Gasteiger partial charge in [-0.05, 0) is 24.8 Å². The highest BCUT2D eigenvalue weighted by molar-refractivity contribution is 5.82. The van der Waals surface area contributed by atoms with E-state index in [1.54, 1.807) is 0 Å². The van der Waals surface area contributed by atoms with Gasteiger partial charge in [0.25, 0.3) is 5.91 Å². The standard InChI is InChI=1S/C19H27N3O2/c1-2-9-20-18(23)14-7-10-22(11-8-14)19(24)17-12-15-5-3-4-6-16(15)13-21-17/h3-6,14,17,21H,2,7-13H2,1H3,(H,20,23)/p+1/t17-/m0/s1. The van der Waals surface area contributed by atoms with Crippen LogP contribution in [0.15, 0.2) is 24.3 Å². The van der Waals surface area contributed by atoms with Crippen LogP contribution < -0.4 is 10.6 Å². The Morgan fingerprint density at radius 2 is 1.92 bits per heavy atom. The van der Waals surface area contributed by atoms with Crippen molar-refractivity contribution in [2.45, 2.75) is 45.2 Å². The first-order valence-corrected chi connectivity index (χ1v) is 9.15. The minimum Gasteiger partial charge on any atom is -0.356 e. The molecule has 2 amide bonds. The third-order valence-corrected chi connectivity index (χ3v) is 5.22. The van der Waals surface area contributed by atoms with Gasteiger partial charge in [-0.2, -0.15) is 0 Å². The summed E-state index contributed by atoms with van der Waals surface area (Å²) in [7, 11) is 0. The lowest BCUT2D eigenvalue weighted by atomic mass is 9.92. The number of piperidine rings is 1. The van der Waals surface area contributed by atoms with Gasteiger partial charge in [0.15, 0.2) is 6.04 Å². The van der Waals surface area contributed by atoms with E-state index in [1.165, 1.54) is 11.1 Å². The van der Waals surface area contributed by atoms with Crippen LogP contribution in [0.1, 0.15) is 37.3 Å². The molecule has 1 aromatic rings. The summed E-state index contributed by atoms with van der Waals surface area (Å²) in [5.74, 6) is 0.454. The normalized spacial score (nSPS) is 21.2. The zero-order chi connectivity index (χ0) is 16.9. The van der Waals surface area contributed by atoms with Crippen molar-refractivity contribution in [1.82, 2.24) is 10.2 Å². The number of hydrogen-bond donors (Lipinski definition) is 2. The van der Waals surface area contributed by atoms with Crippen molar-refractivity contribution in [2.24, 2.45) is 5.92 Å². The Morgan fingerprint density at radius 3 is 2.62 bits per heavy atom. The molecule has 130 valence electrons. The van der Waals surface area contributed by atoms with E-state index in [1.807, 2.05) is 11.0 Å². The van der Waals surface area contributed by atoms with Crippen LogP contribution >= 0.6 is 0 Å². The second-order valence-corrected chi connectivity index (χ2v) is 6.91. The van der Waals surface area contributed by atoms with Crippen LogP contribution in [-0.4, -0.2) is 42.4 Å². The number of carbonyl (C=O) groups is 2. The number of carbonyl (C=O) groups excluding carboxylic acids is 2. The minimum absolute atomic E-state index is 0.00892. The predicted molar refractivity (Wildman–Crippen MR) is 92.2 cm³/mol. The summed E-state index contributed by atoms with van der Waals surface area (Å²) >= 11 is 0. The van der Waals surface area contributed by atoms with Gasteiger partial charge in [0.05, 0.1) is 0 Å². The number of amides is 2. The highest BCUT2D eigenvalue weighted by Gasteiger charge is 2.34. The molecule has 0 spiro atoms. The molecule has 3 rings (SSSR count). The second-order valence-electron chi connectivity index (χ2n) is 6.91. The molecule has 1 fully saturated rings. The van der Waals surface area contributed by atoms with Crippen LogP contribution in [-0.2, 0) is 22.6 Å². The van der Waals surface area contributed by atoms with Crippen LogP contribution in [0.25, 0.3) is 0 Å². The van der Waals surface area contributed by atoms with Gasteiger partial charge in [0.1, 0.15) is 6.54 Å². The van der Waals surface area contributed by atoms with Crippen molar-refractivity contribution in [3.8, 4) is 0 Å². The highest BCUT2D eigenvalue weighted by atomic mass is 16.2. The van der Waals surface area contributed by atoms with Gasteiger partial charge in [-0.25, -0.2) is 0 Å². The number of nitrogens with zero attached hydrogens (tertiary/aromatic N) is 1. The molecule has 0 unspecified atom stereocenters. The van der Waals surface area contributed by atoms with Crippen LogP contribution in [0.4, 0.5) is 0 Å². The van der Waals surface area contributed by atoms with E-state index in [2.05, 4.69) is 35.8 Å². The molecule has 0 saturated carbocycles. The lowest BCUT2D eigenvalue weighted by Gasteiger charge is -2.34. The van der Waals surface area contributed by atoms with Gasteiger partial charge in [-0.1, -0.05) is 31.2 Å². The summed E-state index contributed by atoms with van der Waals surface area (Å²) in [6.45, 7) is 5.08. The maximum atomic E-state index is 12.8. The molecule has 2 aliphatic heterocycles. The van der Waals surface area contributed by atoms with Crippen molar-refractivity contribution < 1.29 is 14.9 Å². The van der Waals surface area contributed by atoms with Gasteiger partial charge >= 0.3 is 0 Å². The van der Waals surface area contributed by atoms with E-state index < -0.39 is 0 Å². The number of hydrogen-bond acceptors (Lipinski definition) is 2. The fourth-order valence-corrected chi connectivity index (χ4v) is 3.72.